The van der Waals surface area contributed by atoms with Crippen LogP contribution < -0.4 is 14.2 Å². The first kappa shape index (κ1) is 12.8. The molecule has 1 atom stereocenters. The van der Waals surface area contributed by atoms with E-state index in [1.54, 1.807) is 0 Å². The third kappa shape index (κ3) is 2.54. The average Bonchev–Trinajstić information content (AvgIpc) is 2.95. The Kier molecular flexibility index (Phi) is 3.46. The molecule has 0 saturated heterocycles. The number of hydrogen-bond acceptors (Lipinski definition) is 4. The topological polar surface area (TPSA) is 40.6 Å². The summed E-state index contributed by atoms with van der Waals surface area (Å²) < 4.78 is 16.3. The van der Waals surface area contributed by atoms with E-state index in [0.717, 1.165) is 12.2 Å². The predicted molar refractivity (Wildman–Crippen MR) is 75.6 cm³/mol. The van der Waals surface area contributed by atoms with Crippen molar-refractivity contribution >= 4 is 0 Å². The Labute approximate surface area is 118 Å². The molecule has 1 aliphatic heterocycles. The number of rotatable bonds is 4. The lowest BCUT2D eigenvalue weighted by atomic mass is 10.0. The second kappa shape index (κ2) is 5.41. The summed E-state index contributed by atoms with van der Waals surface area (Å²) >= 11 is 0. The van der Waals surface area contributed by atoms with E-state index in [0.29, 0.717) is 23.3 Å². The molecule has 3 rings (SSSR count). The first-order valence-corrected chi connectivity index (χ1v) is 6.79. The Morgan fingerprint density at radius 2 is 2.05 bits per heavy atom. The molecule has 0 saturated carbocycles. The van der Waals surface area contributed by atoms with Crippen molar-refractivity contribution in [3.8, 4) is 23.1 Å². The molecule has 1 aromatic heterocycles. The van der Waals surface area contributed by atoms with Crippen LogP contribution in [0.5, 0.6) is 23.1 Å². The van der Waals surface area contributed by atoms with Gasteiger partial charge in [0.15, 0.2) is 11.5 Å². The van der Waals surface area contributed by atoms with Crippen molar-refractivity contribution in [1.29, 1.82) is 0 Å². The normalized spacial score (nSPS) is 14.1. The van der Waals surface area contributed by atoms with Gasteiger partial charge in [-0.2, -0.15) is 0 Å². The van der Waals surface area contributed by atoms with Crippen molar-refractivity contribution in [3.05, 3.63) is 42.1 Å². The summed E-state index contributed by atoms with van der Waals surface area (Å²) in [5.41, 5.74) is 1.23. The van der Waals surface area contributed by atoms with Gasteiger partial charge < -0.3 is 14.2 Å². The smallest absolute Gasteiger partial charge is 0.231 e. The molecule has 0 bridgehead atoms. The van der Waals surface area contributed by atoms with E-state index < -0.39 is 0 Å². The summed E-state index contributed by atoms with van der Waals surface area (Å²) in [5.74, 6) is 3.24. The van der Waals surface area contributed by atoms with Crippen molar-refractivity contribution in [2.75, 3.05) is 6.79 Å². The van der Waals surface area contributed by atoms with Crippen molar-refractivity contribution in [2.45, 2.75) is 26.2 Å². The Bertz CT molecular complexity index is 595. The molecule has 0 radical (unpaired) electrons. The summed E-state index contributed by atoms with van der Waals surface area (Å²) in [6, 6.07) is 9.45. The van der Waals surface area contributed by atoms with Crippen LogP contribution in [-0.4, -0.2) is 11.8 Å². The highest BCUT2D eigenvalue weighted by molar-refractivity contribution is 5.47. The van der Waals surface area contributed by atoms with Gasteiger partial charge in [0.25, 0.3) is 0 Å². The van der Waals surface area contributed by atoms with Gasteiger partial charge in [-0.1, -0.05) is 19.9 Å². The Morgan fingerprint density at radius 3 is 2.80 bits per heavy atom. The maximum atomic E-state index is 5.73. The van der Waals surface area contributed by atoms with Crippen LogP contribution in [0.4, 0.5) is 0 Å². The standard InChI is InChI=1S/C16H17NO3/c1-3-11(2)12-4-7-16(17-9-12)20-13-5-6-14-15(8-13)19-10-18-14/h4-9,11H,3,10H2,1-2H3. The Morgan fingerprint density at radius 1 is 1.20 bits per heavy atom. The van der Waals surface area contributed by atoms with Crippen molar-refractivity contribution in [2.24, 2.45) is 0 Å². The second-order valence-electron chi connectivity index (χ2n) is 4.86. The molecule has 0 N–H and O–H groups in total. The largest absolute Gasteiger partial charge is 0.454 e. The fourth-order valence-electron chi connectivity index (χ4n) is 2.04. The molecule has 0 amide bonds. The first-order valence-electron chi connectivity index (χ1n) is 6.79. The zero-order chi connectivity index (χ0) is 13.9. The van der Waals surface area contributed by atoms with E-state index in [1.165, 1.54) is 5.56 Å². The molecule has 1 unspecified atom stereocenters. The van der Waals surface area contributed by atoms with Gasteiger partial charge in [0.1, 0.15) is 5.75 Å². The van der Waals surface area contributed by atoms with Gasteiger partial charge in [0.05, 0.1) is 0 Å². The minimum atomic E-state index is 0.265. The van der Waals surface area contributed by atoms with Crippen molar-refractivity contribution < 1.29 is 14.2 Å². The first-order chi connectivity index (χ1) is 9.76. The molecule has 4 heteroatoms. The van der Waals surface area contributed by atoms with Gasteiger partial charge >= 0.3 is 0 Å². The third-order valence-corrected chi connectivity index (χ3v) is 3.51. The van der Waals surface area contributed by atoms with Gasteiger partial charge in [0.2, 0.25) is 12.7 Å². The lowest BCUT2D eigenvalue weighted by Gasteiger charge is -2.09. The highest BCUT2D eigenvalue weighted by atomic mass is 16.7. The maximum Gasteiger partial charge on any atom is 0.231 e. The van der Waals surface area contributed by atoms with E-state index in [1.807, 2.05) is 30.5 Å². The second-order valence-corrected chi connectivity index (χ2v) is 4.86. The van der Waals surface area contributed by atoms with Gasteiger partial charge in [-0.15, -0.1) is 0 Å². The zero-order valence-electron chi connectivity index (χ0n) is 11.6. The van der Waals surface area contributed by atoms with Crippen LogP contribution in [0.1, 0.15) is 31.7 Å². The zero-order valence-corrected chi connectivity index (χ0v) is 11.6. The summed E-state index contributed by atoms with van der Waals surface area (Å²) in [7, 11) is 0. The quantitative estimate of drug-likeness (QED) is 0.838. The fraction of sp³-hybridized carbons (Fsp3) is 0.312. The highest BCUT2D eigenvalue weighted by Crippen LogP contribution is 2.36. The minimum Gasteiger partial charge on any atom is -0.454 e. The monoisotopic (exact) mass is 271 g/mol. The predicted octanol–water partition coefficient (Wildman–Crippen LogP) is 4.12. The number of hydrogen-bond donors (Lipinski definition) is 0. The van der Waals surface area contributed by atoms with Crippen LogP contribution >= 0.6 is 0 Å². The number of ether oxygens (including phenoxy) is 3. The molecule has 0 spiro atoms. The summed E-state index contributed by atoms with van der Waals surface area (Å²) in [4.78, 5) is 4.34. The van der Waals surface area contributed by atoms with Crippen molar-refractivity contribution in [1.82, 2.24) is 4.98 Å². The van der Waals surface area contributed by atoms with E-state index in [2.05, 4.69) is 24.9 Å². The number of benzene rings is 1. The highest BCUT2D eigenvalue weighted by Gasteiger charge is 2.14. The SMILES string of the molecule is CCC(C)c1ccc(Oc2ccc3c(c2)OCO3)nc1. The van der Waals surface area contributed by atoms with Crippen LogP contribution in [0.2, 0.25) is 0 Å². The number of aromatic nitrogens is 1. The van der Waals surface area contributed by atoms with Crippen LogP contribution in [-0.2, 0) is 0 Å². The molecule has 0 fully saturated rings. The molecule has 104 valence electrons. The molecule has 1 aliphatic rings. The van der Waals surface area contributed by atoms with E-state index in [4.69, 9.17) is 14.2 Å². The van der Waals surface area contributed by atoms with Gasteiger partial charge in [-0.05, 0) is 30.0 Å². The number of fused-ring (bicyclic) bond motifs is 1. The van der Waals surface area contributed by atoms with E-state index in [9.17, 15) is 0 Å². The summed E-state index contributed by atoms with van der Waals surface area (Å²) in [5, 5.41) is 0. The number of pyridine rings is 1. The summed E-state index contributed by atoms with van der Waals surface area (Å²) in [6.07, 6.45) is 2.97. The van der Waals surface area contributed by atoms with Crippen molar-refractivity contribution in [3.63, 3.8) is 0 Å². The van der Waals surface area contributed by atoms with Crippen LogP contribution in [0, 0.1) is 0 Å². The molecule has 2 heterocycles. The molecular formula is C16H17NO3. The van der Waals surface area contributed by atoms with Crippen LogP contribution in [0.25, 0.3) is 0 Å². The third-order valence-electron chi connectivity index (χ3n) is 3.51. The average molecular weight is 271 g/mol. The maximum absolute atomic E-state index is 5.73. The lowest BCUT2D eigenvalue weighted by molar-refractivity contribution is 0.174. The molecule has 2 aromatic rings. The molecule has 0 aliphatic carbocycles. The lowest BCUT2D eigenvalue weighted by Crippen LogP contribution is -1.94. The molecule has 1 aromatic carbocycles. The van der Waals surface area contributed by atoms with E-state index >= 15 is 0 Å². The fourth-order valence-corrected chi connectivity index (χ4v) is 2.04. The number of nitrogens with zero attached hydrogens (tertiary/aromatic N) is 1. The Balaban J connectivity index is 1.74. The van der Waals surface area contributed by atoms with Gasteiger partial charge in [-0.25, -0.2) is 4.98 Å². The van der Waals surface area contributed by atoms with E-state index in [-0.39, 0.29) is 6.79 Å². The molecule has 20 heavy (non-hydrogen) atoms. The molecule has 4 nitrogen and oxygen atoms in total. The Hall–Kier alpha value is -2.23. The van der Waals surface area contributed by atoms with Crippen LogP contribution in [0.15, 0.2) is 36.5 Å². The van der Waals surface area contributed by atoms with Crippen LogP contribution in [0.3, 0.4) is 0 Å². The molecular weight excluding hydrogens is 254 g/mol. The van der Waals surface area contributed by atoms with Gasteiger partial charge in [0, 0.05) is 18.3 Å². The minimum absolute atomic E-state index is 0.265. The van der Waals surface area contributed by atoms with Gasteiger partial charge in [-0.3, -0.25) is 0 Å². The summed E-state index contributed by atoms with van der Waals surface area (Å²) in [6.45, 7) is 4.62.